The average molecular weight is 267 g/mol. The van der Waals surface area contributed by atoms with Gasteiger partial charge in [-0.15, -0.1) is 0 Å². The lowest BCUT2D eigenvalue weighted by Gasteiger charge is -2.13. The number of hydrogen-bond donors (Lipinski definition) is 1. The summed E-state index contributed by atoms with van der Waals surface area (Å²) in [6.07, 6.45) is 2.95. The van der Waals surface area contributed by atoms with Crippen LogP contribution in [0.5, 0.6) is 5.75 Å². The van der Waals surface area contributed by atoms with Crippen LogP contribution in [0.3, 0.4) is 0 Å². The molecule has 5 heteroatoms. The van der Waals surface area contributed by atoms with Crippen molar-refractivity contribution < 1.29 is 9.84 Å². The zero-order chi connectivity index (χ0) is 13.1. The fourth-order valence-electron chi connectivity index (χ4n) is 1.66. The first-order valence-corrected chi connectivity index (χ1v) is 6.02. The van der Waals surface area contributed by atoms with E-state index in [1.165, 1.54) is 0 Å². The number of aromatic nitrogens is 2. The molecule has 0 unspecified atom stereocenters. The molecule has 2 aromatic rings. The molecule has 1 aromatic heterocycles. The molecule has 2 rings (SSSR count). The summed E-state index contributed by atoms with van der Waals surface area (Å²) in [7, 11) is 1.91. The van der Waals surface area contributed by atoms with E-state index in [0.29, 0.717) is 22.9 Å². The molecule has 1 N–H and O–H groups in total. The molecule has 4 nitrogen and oxygen atoms in total. The molecule has 0 amide bonds. The number of rotatable bonds is 4. The number of aryl methyl sites for hydroxylation is 1. The Kier molecular flexibility index (Phi) is 3.89. The van der Waals surface area contributed by atoms with Gasteiger partial charge in [-0.3, -0.25) is 0 Å². The lowest BCUT2D eigenvalue weighted by Crippen LogP contribution is -2.05. The maximum Gasteiger partial charge on any atom is 0.146 e. The summed E-state index contributed by atoms with van der Waals surface area (Å²) in [5.41, 5.74) is 0.678. The smallest absolute Gasteiger partial charge is 0.146 e. The number of hydrogen-bond acceptors (Lipinski definition) is 3. The van der Waals surface area contributed by atoms with Crippen molar-refractivity contribution in [1.82, 2.24) is 9.55 Å². The summed E-state index contributed by atoms with van der Waals surface area (Å²) in [6.45, 7) is 2.03. The molecular weight excluding hydrogens is 252 g/mol. The van der Waals surface area contributed by atoms with E-state index in [9.17, 15) is 5.11 Å². The molecule has 0 fully saturated rings. The number of imidazole rings is 1. The highest BCUT2D eigenvalue weighted by Gasteiger charge is 2.11. The summed E-state index contributed by atoms with van der Waals surface area (Å²) in [5, 5.41) is 10.3. The minimum Gasteiger partial charge on any atom is -0.485 e. The van der Waals surface area contributed by atoms with E-state index < -0.39 is 6.10 Å². The molecule has 0 spiro atoms. The van der Waals surface area contributed by atoms with Gasteiger partial charge in [0, 0.05) is 30.0 Å². The Labute approximate surface area is 111 Å². The van der Waals surface area contributed by atoms with E-state index in [-0.39, 0.29) is 0 Å². The Balaban J connectivity index is 2.16. The highest BCUT2D eigenvalue weighted by molar-refractivity contribution is 6.30. The van der Waals surface area contributed by atoms with Crippen molar-refractivity contribution in [3.63, 3.8) is 0 Å². The Morgan fingerprint density at radius 3 is 2.89 bits per heavy atom. The van der Waals surface area contributed by atoms with Crippen LogP contribution in [0.25, 0.3) is 0 Å². The first-order valence-electron chi connectivity index (χ1n) is 5.64. The molecule has 0 bridgehead atoms. The van der Waals surface area contributed by atoms with Crippen LogP contribution in [0.15, 0.2) is 30.6 Å². The lowest BCUT2D eigenvalue weighted by molar-refractivity contribution is 0.189. The van der Waals surface area contributed by atoms with E-state index in [4.69, 9.17) is 16.3 Å². The summed E-state index contributed by atoms with van der Waals surface area (Å²) < 4.78 is 7.56. The number of aliphatic hydroxyl groups is 1. The topological polar surface area (TPSA) is 47.3 Å². The van der Waals surface area contributed by atoms with Crippen LogP contribution in [0.1, 0.15) is 24.4 Å². The Morgan fingerprint density at radius 2 is 2.28 bits per heavy atom. The van der Waals surface area contributed by atoms with Gasteiger partial charge in [0.25, 0.3) is 0 Å². The van der Waals surface area contributed by atoms with Crippen LogP contribution in [-0.4, -0.2) is 14.7 Å². The Bertz CT molecular complexity index is 538. The SMILES string of the molecule is C[C@@H](O)c1cc(Cl)ccc1OCc1nccn1C. The fourth-order valence-corrected chi connectivity index (χ4v) is 1.84. The molecule has 18 heavy (non-hydrogen) atoms. The van der Waals surface area contributed by atoms with Crippen LogP contribution in [-0.2, 0) is 13.7 Å². The van der Waals surface area contributed by atoms with Gasteiger partial charge in [0.2, 0.25) is 0 Å². The van der Waals surface area contributed by atoms with Gasteiger partial charge in [0.1, 0.15) is 18.2 Å². The second-order valence-electron chi connectivity index (χ2n) is 4.10. The zero-order valence-electron chi connectivity index (χ0n) is 10.3. The molecular formula is C13H15ClN2O2. The standard InChI is InChI=1S/C13H15ClN2O2/c1-9(17)11-7-10(14)3-4-12(11)18-8-13-15-5-6-16(13)2/h3-7,9,17H,8H2,1-2H3/t9-/m1/s1. The van der Waals surface area contributed by atoms with Gasteiger partial charge in [-0.2, -0.15) is 0 Å². The highest BCUT2D eigenvalue weighted by Crippen LogP contribution is 2.28. The fraction of sp³-hybridized carbons (Fsp3) is 0.308. The summed E-state index contributed by atoms with van der Waals surface area (Å²) in [5.74, 6) is 1.44. The summed E-state index contributed by atoms with van der Waals surface area (Å²) in [6, 6.07) is 5.20. The molecule has 0 aliphatic carbocycles. The molecule has 0 aliphatic rings. The van der Waals surface area contributed by atoms with Gasteiger partial charge in [-0.05, 0) is 25.1 Å². The van der Waals surface area contributed by atoms with E-state index in [2.05, 4.69) is 4.98 Å². The van der Waals surface area contributed by atoms with Gasteiger partial charge in [0.15, 0.2) is 0 Å². The van der Waals surface area contributed by atoms with Crippen molar-refractivity contribution in [2.24, 2.45) is 7.05 Å². The molecule has 0 saturated carbocycles. The number of halogens is 1. The van der Waals surface area contributed by atoms with E-state index in [1.54, 1.807) is 31.3 Å². The predicted molar refractivity (Wildman–Crippen MR) is 69.6 cm³/mol. The largest absolute Gasteiger partial charge is 0.485 e. The van der Waals surface area contributed by atoms with Gasteiger partial charge in [-0.25, -0.2) is 4.98 Å². The van der Waals surface area contributed by atoms with Crippen LogP contribution in [0, 0.1) is 0 Å². The third-order valence-corrected chi connectivity index (χ3v) is 2.93. The second-order valence-corrected chi connectivity index (χ2v) is 4.54. The van der Waals surface area contributed by atoms with Gasteiger partial charge >= 0.3 is 0 Å². The summed E-state index contributed by atoms with van der Waals surface area (Å²) >= 11 is 5.90. The quantitative estimate of drug-likeness (QED) is 0.926. The molecule has 0 aliphatic heterocycles. The van der Waals surface area contributed by atoms with E-state index in [1.807, 2.05) is 17.8 Å². The number of ether oxygens (including phenoxy) is 1. The third-order valence-electron chi connectivity index (χ3n) is 2.70. The number of nitrogens with zero attached hydrogens (tertiary/aromatic N) is 2. The normalized spacial score (nSPS) is 12.4. The van der Waals surface area contributed by atoms with Crippen molar-refractivity contribution in [3.8, 4) is 5.75 Å². The zero-order valence-corrected chi connectivity index (χ0v) is 11.1. The predicted octanol–water partition coefficient (Wildman–Crippen LogP) is 2.71. The van der Waals surface area contributed by atoms with E-state index >= 15 is 0 Å². The molecule has 0 saturated heterocycles. The first-order chi connectivity index (χ1) is 8.58. The maximum absolute atomic E-state index is 9.68. The number of aliphatic hydroxyl groups excluding tert-OH is 1. The highest BCUT2D eigenvalue weighted by atomic mass is 35.5. The lowest BCUT2D eigenvalue weighted by atomic mass is 10.1. The van der Waals surface area contributed by atoms with Crippen molar-refractivity contribution in [3.05, 3.63) is 47.0 Å². The minimum atomic E-state index is -0.625. The molecule has 1 aromatic carbocycles. The number of benzene rings is 1. The van der Waals surface area contributed by atoms with Gasteiger partial charge < -0.3 is 14.4 Å². The van der Waals surface area contributed by atoms with Gasteiger partial charge in [0.05, 0.1) is 6.10 Å². The van der Waals surface area contributed by atoms with Crippen LogP contribution in [0.2, 0.25) is 5.02 Å². The van der Waals surface area contributed by atoms with Crippen molar-refractivity contribution in [1.29, 1.82) is 0 Å². The Morgan fingerprint density at radius 1 is 1.50 bits per heavy atom. The van der Waals surface area contributed by atoms with Crippen LogP contribution >= 0.6 is 11.6 Å². The summed E-state index contributed by atoms with van der Waals surface area (Å²) in [4.78, 5) is 4.17. The van der Waals surface area contributed by atoms with Crippen LogP contribution in [0.4, 0.5) is 0 Å². The maximum atomic E-state index is 9.68. The molecule has 1 atom stereocenters. The monoisotopic (exact) mass is 266 g/mol. The van der Waals surface area contributed by atoms with Crippen molar-refractivity contribution in [2.45, 2.75) is 19.6 Å². The third kappa shape index (κ3) is 2.83. The second kappa shape index (κ2) is 5.42. The van der Waals surface area contributed by atoms with Crippen molar-refractivity contribution >= 4 is 11.6 Å². The van der Waals surface area contributed by atoms with Gasteiger partial charge in [-0.1, -0.05) is 11.6 Å². The average Bonchev–Trinajstić information content (AvgIpc) is 2.73. The molecule has 1 heterocycles. The molecule has 96 valence electrons. The Hall–Kier alpha value is -1.52. The minimum absolute atomic E-state index is 0.352. The first kappa shape index (κ1) is 12.9. The van der Waals surface area contributed by atoms with E-state index in [0.717, 1.165) is 5.82 Å². The van der Waals surface area contributed by atoms with Crippen LogP contribution < -0.4 is 4.74 Å². The van der Waals surface area contributed by atoms with Crippen molar-refractivity contribution in [2.75, 3.05) is 0 Å². The molecule has 0 radical (unpaired) electrons.